The van der Waals surface area contributed by atoms with Crippen molar-refractivity contribution in [2.45, 2.75) is 58.4 Å². The molecule has 0 bridgehead atoms. The predicted octanol–water partition coefficient (Wildman–Crippen LogP) is 3.44. The highest BCUT2D eigenvalue weighted by atomic mass is 16.1. The molecule has 1 aromatic rings. The van der Waals surface area contributed by atoms with Crippen molar-refractivity contribution in [2.75, 3.05) is 0 Å². The lowest BCUT2D eigenvalue weighted by Gasteiger charge is -2.30. The molecule has 0 amide bonds. The monoisotopic (exact) mass is 259 g/mol. The van der Waals surface area contributed by atoms with Gasteiger partial charge in [0.15, 0.2) is 0 Å². The van der Waals surface area contributed by atoms with Gasteiger partial charge in [0.1, 0.15) is 5.78 Å². The molecule has 0 spiro atoms. The van der Waals surface area contributed by atoms with Crippen LogP contribution in [0.3, 0.4) is 0 Å². The van der Waals surface area contributed by atoms with Crippen molar-refractivity contribution in [3.05, 3.63) is 35.4 Å². The maximum Gasteiger partial charge on any atom is 0.135 e. The van der Waals surface area contributed by atoms with E-state index in [1.54, 1.807) is 0 Å². The second-order valence-electron chi connectivity index (χ2n) is 7.07. The Morgan fingerprint density at radius 3 is 2.68 bits per heavy atom. The molecule has 19 heavy (non-hydrogen) atoms. The van der Waals surface area contributed by atoms with Crippen LogP contribution in [0.15, 0.2) is 24.3 Å². The second kappa shape index (κ2) is 5.46. The number of nitrogens with two attached hydrogens (primary N) is 1. The van der Waals surface area contributed by atoms with Crippen LogP contribution in [-0.4, -0.2) is 11.8 Å². The lowest BCUT2D eigenvalue weighted by atomic mass is 9.74. The van der Waals surface area contributed by atoms with Gasteiger partial charge in [-0.25, -0.2) is 0 Å². The van der Waals surface area contributed by atoms with Crippen molar-refractivity contribution in [2.24, 2.45) is 11.1 Å². The summed E-state index contributed by atoms with van der Waals surface area (Å²) in [5, 5.41) is 0. The zero-order chi connectivity index (χ0) is 14.0. The van der Waals surface area contributed by atoms with Crippen molar-refractivity contribution in [3.8, 4) is 0 Å². The molecule has 0 saturated heterocycles. The fourth-order valence-electron chi connectivity index (χ4n) is 3.05. The number of benzene rings is 1. The summed E-state index contributed by atoms with van der Waals surface area (Å²) in [6.07, 6.45) is 3.14. The first-order chi connectivity index (χ1) is 8.85. The van der Waals surface area contributed by atoms with Crippen LogP contribution < -0.4 is 5.73 Å². The summed E-state index contributed by atoms with van der Waals surface area (Å²) in [5.41, 5.74) is 9.03. The van der Waals surface area contributed by atoms with Crippen LogP contribution in [0.2, 0.25) is 0 Å². The molecule has 0 heterocycles. The highest BCUT2D eigenvalue weighted by Gasteiger charge is 2.28. The van der Waals surface area contributed by atoms with Crippen molar-refractivity contribution in [3.63, 3.8) is 0 Å². The summed E-state index contributed by atoms with van der Waals surface area (Å²) in [4.78, 5) is 12.1. The van der Waals surface area contributed by atoms with E-state index < -0.39 is 0 Å². The molecular weight excluding hydrogens is 234 g/mol. The SMILES string of the molecule is CC(C)(C)CC(N)CC(=O)CC1Cc2ccccc21. The molecule has 0 aromatic heterocycles. The van der Waals surface area contributed by atoms with Gasteiger partial charge in [0.25, 0.3) is 0 Å². The summed E-state index contributed by atoms with van der Waals surface area (Å²) in [6.45, 7) is 6.50. The third kappa shape index (κ3) is 3.90. The van der Waals surface area contributed by atoms with Gasteiger partial charge >= 0.3 is 0 Å². The van der Waals surface area contributed by atoms with Crippen LogP contribution in [0, 0.1) is 5.41 Å². The second-order valence-corrected chi connectivity index (χ2v) is 7.07. The standard InChI is InChI=1S/C17H25NO/c1-17(2,3)11-14(18)10-15(19)9-13-8-12-6-4-5-7-16(12)13/h4-7,13-14H,8-11,18H2,1-3H3. The molecule has 0 radical (unpaired) electrons. The van der Waals surface area contributed by atoms with E-state index in [-0.39, 0.29) is 11.5 Å². The largest absolute Gasteiger partial charge is 0.327 e. The number of ketones is 1. The van der Waals surface area contributed by atoms with Crippen molar-refractivity contribution in [1.82, 2.24) is 0 Å². The van der Waals surface area contributed by atoms with Gasteiger partial charge in [-0.05, 0) is 35.3 Å². The van der Waals surface area contributed by atoms with E-state index in [1.165, 1.54) is 11.1 Å². The average molecular weight is 259 g/mol. The molecule has 104 valence electrons. The summed E-state index contributed by atoms with van der Waals surface area (Å²) in [5.74, 6) is 0.752. The molecule has 1 aliphatic carbocycles. The Hall–Kier alpha value is -1.15. The van der Waals surface area contributed by atoms with Crippen LogP contribution in [0.4, 0.5) is 0 Å². The fraction of sp³-hybridized carbons (Fsp3) is 0.588. The van der Waals surface area contributed by atoms with Crippen molar-refractivity contribution in [1.29, 1.82) is 0 Å². The number of carbonyl (C=O) groups excluding carboxylic acids is 1. The Bertz CT molecular complexity index is 459. The minimum absolute atomic E-state index is 0.00261. The summed E-state index contributed by atoms with van der Waals surface area (Å²) < 4.78 is 0. The number of carbonyl (C=O) groups is 1. The van der Waals surface area contributed by atoms with Crippen molar-refractivity contribution < 1.29 is 4.79 Å². The molecule has 2 atom stereocenters. The first-order valence-corrected chi connectivity index (χ1v) is 7.20. The molecular formula is C17H25NO. The van der Waals surface area contributed by atoms with E-state index in [4.69, 9.17) is 5.73 Å². The van der Waals surface area contributed by atoms with E-state index in [2.05, 4.69) is 45.0 Å². The van der Waals surface area contributed by atoms with Gasteiger partial charge in [0, 0.05) is 18.9 Å². The van der Waals surface area contributed by atoms with Crippen LogP contribution in [-0.2, 0) is 11.2 Å². The highest BCUT2D eigenvalue weighted by Crippen LogP contribution is 2.37. The van der Waals surface area contributed by atoms with Crippen molar-refractivity contribution >= 4 is 5.78 Å². The van der Waals surface area contributed by atoms with E-state index in [0.29, 0.717) is 24.5 Å². The third-order valence-corrected chi connectivity index (χ3v) is 3.80. The van der Waals surface area contributed by atoms with Crippen LogP contribution in [0.5, 0.6) is 0 Å². The van der Waals surface area contributed by atoms with Gasteiger partial charge in [-0.1, -0.05) is 45.0 Å². The van der Waals surface area contributed by atoms with Gasteiger partial charge in [0.2, 0.25) is 0 Å². The number of hydrogen-bond donors (Lipinski definition) is 1. The number of rotatable bonds is 5. The maximum atomic E-state index is 12.1. The van der Waals surface area contributed by atoms with E-state index in [0.717, 1.165) is 12.8 Å². The molecule has 2 rings (SSSR count). The Morgan fingerprint density at radius 1 is 1.37 bits per heavy atom. The Labute approximate surface area is 116 Å². The fourth-order valence-corrected chi connectivity index (χ4v) is 3.05. The van der Waals surface area contributed by atoms with Gasteiger partial charge in [-0.3, -0.25) is 4.79 Å². The smallest absolute Gasteiger partial charge is 0.135 e. The molecule has 0 aliphatic heterocycles. The predicted molar refractivity (Wildman–Crippen MR) is 79.2 cm³/mol. The summed E-state index contributed by atoms with van der Waals surface area (Å²) in [7, 11) is 0. The summed E-state index contributed by atoms with van der Waals surface area (Å²) >= 11 is 0. The van der Waals surface area contributed by atoms with Gasteiger partial charge in [-0.2, -0.15) is 0 Å². The maximum absolute atomic E-state index is 12.1. The number of fused-ring (bicyclic) bond motifs is 1. The van der Waals surface area contributed by atoms with E-state index in [1.807, 2.05) is 0 Å². The normalized spacial score (nSPS) is 19.5. The minimum atomic E-state index is 0.00261. The topological polar surface area (TPSA) is 43.1 Å². The number of hydrogen-bond acceptors (Lipinski definition) is 2. The first kappa shape index (κ1) is 14.3. The Morgan fingerprint density at radius 2 is 2.05 bits per heavy atom. The Balaban J connectivity index is 1.81. The zero-order valence-electron chi connectivity index (χ0n) is 12.3. The quantitative estimate of drug-likeness (QED) is 0.880. The number of Topliss-reactive ketones (excluding diaryl/α,β-unsaturated/α-hetero) is 1. The van der Waals surface area contributed by atoms with E-state index in [9.17, 15) is 4.79 Å². The molecule has 2 unspecified atom stereocenters. The first-order valence-electron chi connectivity index (χ1n) is 7.20. The van der Waals surface area contributed by atoms with Crippen LogP contribution in [0.1, 0.15) is 57.1 Å². The van der Waals surface area contributed by atoms with Gasteiger partial charge in [0.05, 0.1) is 0 Å². The molecule has 0 saturated carbocycles. The minimum Gasteiger partial charge on any atom is -0.327 e. The molecule has 1 aliphatic rings. The van der Waals surface area contributed by atoms with E-state index >= 15 is 0 Å². The third-order valence-electron chi connectivity index (χ3n) is 3.80. The zero-order valence-corrected chi connectivity index (χ0v) is 12.3. The molecule has 2 heteroatoms. The lowest BCUT2D eigenvalue weighted by Crippen LogP contribution is -2.30. The Kier molecular flexibility index (Phi) is 4.10. The van der Waals surface area contributed by atoms with Gasteiger partial charge in [-0.15, -0.1) is 0 Å². The highest BCUT2D eigenvalue weighted by molar-refractivity contribution is 5.80. The molecule has 2 nitrogen and oxygen atoms in total. The molecule has 1 aromatic carbocycles. The van der Waals surface area contributed by atoms with Crippen LogP contribution in [0.25, 0.3) is 0 Å². The van der Waals surface area contributed by atoms with Gasteiger partial charge < -0.3 is 5.73 Å². The average Bonchev–Trinajstić information content (AvgIpc) is 2.23. The van der Waals surface area contributed by atoms with Crippen LogP contribution >= 0.6 is 0 Å². The lowest BCUT2D eigenvalue weighted by molar-refractivity contribution is -0.120. The summed E-state index contributed by atoms with van der Waals surface area (Å²) in [6, 6.07) is 8.42. The molecule has 0 fully saturated rings. The molecule has 2 N–H and O–H groups in total.